The number of phenolic OH excluding ortho intramolecular Hbond substituents is 1. The topological polar surface area (TPSA) is 182 Å². The molecule has 10 nitrogen and oxygen atoms in total. The molecule has 39 heavy (non-hydrogen) atoms. The third-order valence-corrected chi connectivity index (χ3v) is 8.73. The van der Waals surface area contributed by atoms with Crippen LogP contribution in [0.2, 0.25) is 0 Å². The number of ketones is 2. The van der Waals surface area contributed by atoms with Crippen LogP contribution >= 0.6 is 0 Å². The number of primary amides is 1. The molecular formula is C29H40N2O8. The molecule has 0 aliphatic heterocycles. The Hall–Kier alpha value is -3.21. The summed E-state index contributed by atoms with van der Waals surface area (Å²) < 4.78 is 0. The summed E-state index contributed by atoms with van der Waals surface area (Å²) in [6.07, 6.45) is -0.0276. The molecule has 0 aromatic heterocycles. The zero-order valence-corrected chi connectivity index (χ0v) is 22.4. The van der Waals surface area contributed by atoms with Crippen molar-refractivity contribution in [2.24, 2.45) is 17.6 Å². The minimum Gasteiger partial charge on any atom is -0.508 e. The predicted octanol–water partition coefficient (Wildman–Crippen LogP) is 2.21. The Balaban J connectivity index is 0.00000420. The molecule has 0 saturated heterocycles. The zero-order chi connectivity index (χ0) is 28.6. The van der Waals surface area contributed by atoms with E-state index in [9.17, 15) is 39.9 Å². The molecule has 0 bridgehead atoms. The molecule has 1 fully saturated rings. The fraction of sp³-hybridized carbons (Fsp3) is 0.552. The molecule has 4 rings (SSSR count). The highest BCUT2D eigenvalue weighted by Crippen LogP contribution is 2.57. The molecule has 6 atom stereocenters. The van der Waals surface area contributed by atoms with Crippen LogP contribution in [0.25, 0.3) is 5.76 Å². The van der Waals surface area contributed by atoms with Crippen LogP contribution in [-0.2, 0) is 19.8 Å². The van der Waals surface area contributed by atoms with Crippen LogP contribution in [-0.4, -0.2) is 79.7 Å². The number of nitrogens with zero attached hydrogens (tertiary/aromatic N) is 1. The van der Waals surface area contributed by atoms with Crippen LogP contribution < -0.4 is 5.73 Å². The van der Waals surface area contributed by atoms with Crippen LogP contribution in [0.1, 0.15) is 70.6 Å². The van der Waals surface area contributed by atoms with Gasteiger partial charge < -0.3 is 31.3 Å². The number of aliphatic hydroxyl groups is 4. The summed E-state index contributed by atoms with van der Waals surface area (Å²) in [5.41, 5.74) is 1.71. The van der Waals surface area contributed by atoms with Crippen LogP contribution in [0, 0.1) is 11.8 Å². The van der Waals surface area contributed by atoms with E-state index in [1.165, 1.54) is 19.0 Å². The SMILES string of the molecule is C.CCCC(C)(C)c1ccc2c(c1O)C(O)=C1C(=O)[C@]3(O)C(O)=C(C(N)=O)C(=O)[C@H](N(C)C)[C@H]3[C@@H](O)[C@H]1[C@@H]2C. The highest BCUT2D eigenvalue weighted by atomic mass is 16.4. The first-order valence-corrected chi connectivity index (χ1v) is 12.7. The Bertz CT molecular complexity index is 1310. The predicted molar refractivity (Wildman–Crippen MR) is 145 cm³/mol. The second-order valence-electron chi connectivity index (χ2n) is 11.6. The minimum atomic E-state index is -2.92. The fourth-order valence-electron chi connectivity index (χ4n) is 6.92. The lowest BCUT2D eigenvalue weighted by Crippen LogP contribution is -2.70. The lowest BCUT2D eigenvalue weighted by Gasteiger charge is -2.53. The van der Waals surface area contributed by atoms with Crippen molar-refractivity contribution < 1.29 is 39.9 Å². The monoisotopic (exact) mass is 544 g/mol. The van der Waals surface area contributed by atoms with Crippen molar-refractivity contribution in [1.82, 2.24) is 4.90 Å². The highest BCUT2D eigenvalue weighted by molar-refractivity contribution is 6.24. The molecule has 214 valence electrons. The number of nitrogens with two attached hydrogens (primary N) is 1. The molecule has 0 heterocycles. The van der Waals surface area contributed by atoms with E-state index >= 15 is 0 Å². The number of hydrogen-bond donors (Lipinski definition) is 6. The second-order valence-corrected chi connectivity index (χ2v) is 11.6. The van der Waals surface area contributed by atoms with Gasteiger partial charge in [-0.1, -0.05) is 53.7 Å². The number of aliphatic hydroxyl groups excluding tert-OH is 3. The van der Waals surface area contributed by atoms with Crippen molar-refractivity contribution in [1.29, 1.82) is 0 Å². The fourth-order valence-corrected chi connectivity index (χ4v) is 6.92. The van der Waals surface area contributed by atoms with E-state index in [4.69, 9.17) is 5.73 Å². The summed E-state index contributed by atoms with van der Waals surface area (Å²) >= 11 is 0. The molecule has 0 radical (unpaired) electrons. The van der Waals surface area contributed by atoms with E-state index in [0.717, 1.165) is 12.8 Å². The van der Waals surface area contributed by atoms with Gasteiger partial charge in [-0.2, -0.15) is 0 Å². The number of Topliss-reactive ketones (excluding diaryl/α,β-unsaturated/α-hetero) is 2. The maximum atomic E-state index is 14.0. The zero-order valence-electron chi connectivity index (χ0n) is 22.4. The van der Waals surface area contributed by atoms with Gasteiger partial charge in [0.15, 0.2) is 11.4 Å². The van der Waals surface area contributed by atoms with Gasteiger partial charge in [-0.15, -0.1) is 0 Å². The molecule has 0 spiro atoms. The maximum absolute atomic E-state index is 14.0. The lowest BCUT2D eigenvalue weighted by molar-refractivity contribution is -0.169. The Morgan fingerprint density at radius 1 is 1.15 bits per heavy atom. The first-order chi connectivity index (χ1) is 17.5. The van der Waals surface area contributed by atoms with Crippen molar-refractivity contribution in [2.45, 2.75) is 77.0 Å². The van der Waals surface area contributed by atoms with Gasteiger partial charge in [-0.25, -0.2) is 0 Å². The molecule has 3 aliphatic carbocycles. The van der Waals surface area contributed by atoms with Gasteiger partial charge in [0, 0.05) is 17.1 Å². The van der Waals surface area contributed by atoms with E-state index in [0.29, 0.717) is 11.1 Å². The number of phenols is 1. The number of likely N-dealkylation sites (N-methyl/N-ethyl adjacent to an activating group) is 1. The number of rotatable bonds is 5. The molecule has 1 amide bonds. The normalized spacial score (nSPS) is 30.5. The molecular weight excluding hydrogens is 504 g/mol. The Kier molecular flexibility index (Phi) is 7.59. The minimum absolute atomic E-state index is 0. The number of carbonyl (C=O) groups excluding carboxylic acids is 3. The Morgan fingerprint density at radius 2 is 1.74 bits per heavy atom. The summed E-state index contributed by atoms with van der Waals surface area (Å²) in [6.45, 7) is 7.63. The van der Waals surface area contributed by atoms with Gasteiger partial charge in [0.2, 0.25) is 5.78 Å². The number of aromatic hydroxyl groups is 1. The molecule has 3 aliphatic rings. The lowest BCUT2D eigenvalue weighted by atomic mass is 9.54. The summed E-state index contributed by atoms with van der Waals surface area (Å²) in [6, 6.07) is 2.14. The number of amides is 1. The smallest absolute Gasteiger partial charge is 0.255 e. The largest absolute Gasteiger partial charge is 0.508 e. The first-order valence-electron chi connectivity index (χ1n) is 12.7. The average Bonchev–Trinajstić information content (AvgIpc) is 2.80. The van der Waals surface area contributed by atoms with Gasteiger partial charge >= 0.3 is 0 Å². The van der Waals surface area contributed by atoms with Crippen LogP contribution in [0.5, 0.6) is 5.75 Å². The number of fused-ring (bicyclic) bond motifs is 3. The molecule has 10 heteroatoms. The standard InChI is InChI=1S/C28H36N2O8.CH4/c1-7-10-27(3,4)13-9-8-12-11(2)14-16(21(32)15(12)20(13)31)24(35)28(38)18(22(14)33)19(30(5)6)23(34)17(25(28)36)26(29)37;/h8-9,11,14,18-19,22,31-33,36,38H,7,10H2,1-6H3,(H2,29,37);1H4/t11-,14+,18+,19-,22+,28+;/m1./s1. The Morgan fingerprint density at radius 3 is 2.26 bits per heavy atom. The van der Waals surface area contributed by atoms with Gasteiger partial charge in [-0.3, -0.25) is 19.3 Å². The summed E-state index contributed by atoms with van der Waals surface area (Å²) in [5, 5.41) is 57.2. The van der Waals surface area contributed by atoms with Crippen molar-refractivity contribution in [3.63, 3.8) is 0 Å². The highest BCUT2D eigenvalue weighted by Gasteiger charge is 2.68. The molecule has 1 aromatic rings. The van der Waals surface area contributed by atoms with Crippen LogP contribution in [0.15, 0.2) is 29.0 Å². The van der Waals surface area contributed by atoms with E-state index in [1.54, 1.807) is 19.1 Å². The number of carbonyl (C=O) groups is 3. The van der Waals surface area contributed by atoms with Crippen LogP contribution in [0.4, 0.5) is 0 Å². The summed E-state index contributed by atoms with van der Waals surface area (Å²) in [5.74, 6) is -8.79. The third kappa shape index (κ3) is 3.91. The summed E-state index contributed by atoms with van der Waals surface area (Å²) in [7, 11) is 2.95. The van der Waals surface area contributed by atoms with E-state index < -0.39 is 75.5 Å². The molecule has 1 aromatic carbocycles. The molecule has 7 N–H and O–H groups in total. The van der Waals surface area contributed by atoms with Crippen molar-refractivity contribution in [2.75, 3.05) is 14.1 Å². The average molecular weight is 545 g/mol. The quantitative estimate of drug-likeness (QED) is 0.303. The Labute approximate surface area is 228 Å². The second kappa shape index (κ2) is 9.76. The number of benzene rings is 1. The first kappa shape index (κ1) is 30.3. The summed E-state index contributed by atoms with van der Waals surface area (Å²) in [4.78, 5) is 40.7. The number of hydrogen-bond acceptors (Lipinski definition) is 9. The van der Waals surface area contributed by atoms with Gasteiger partial charge in [-0.05, 0) is 37.4 Å². The van der Waals surface area contributed by atoms with E-state index in [2.05, 4.69) is 0 Å². The third-order valence-electron chi connectivity index (χ3n) is 8.73. The van der Waals surface area contributed by atoms with E-state index in [-0.39, 0.29) is 24.3 Å². The van der Waals surface area contributed by atoms with Crippen LogP contribution in [0.3, 0.4) is 0 Å². The van der Waals surface area contributed by atoms with Crippen molar-refractivity contribution in [3.8, 4) is 5.75 Å². The van der Waals surface area contributed by atoms with Crippen molar-refractivity contribution in [3.05, 3.63) is 45.7 Å². The van der Waals surface area contributed by atoms with Gasteiger partial charge in [0.1, 0.15) is 22.8 Å². The maximum Gasteiger partial charge on any atom is 0.255 e. The van der Waals surface area contributed by atoms with Gasteiger partial charge in [0.05, 0.1) is 23.6 Å². The van der Waals surface area contributed by atoms with Gasteiger partial charge in [0.25, 0.3) is 5.91 Å². The van der Waals surface area contributed by atoms with Crippen molar-refractivity contribution >= 4 is 23.2 Å². The van der Waals surface area contributed by atoms with E-state index in [1.807, 2.05) is 20.8 Å². The molecule has 0 unspecified atom stereocenters. The molecule has 1 saturated carbocycles.